The molecule has 0 bridgehead atoms. The Morgan fingerprint density at radius 2 is 1.74 bits per heavy atom. The first-order valence-electron chi connectivity index (χ1n) is 11.2. The van der Waals surface area contributed by atoms with E-state index in [1.165, 1.54) is 18.9 Å². The van der Waals surface area contributed by atoms with E-state index in [9.17, 15) is 4.39 Å². The lowest BCUT2D eigenvalue weighted by Crippen LogP contribution is -2.33. The highest BCUT2D eigenvalue weighted by atomic mass is 19.1. The summed E-state index contributed by atoms with van der Waals surface area (Å²) < 4.78 is 16.2. The van der Waals surface area contributed by atoms with E-state index >= 15 is 0 Å². The topological polar surface area (TPSA) is 106 Å². The molecule has 2 heterocycles. The first-order valence-corrected chi connectivity index (χ1v) is 11.2. The second-order valence-electron chi connectivity index (χ2n) is 8.64. The molecule has 5 N–H and O–H groups in total. The van der Waals surface area contributed by atoms with Crippen molar-refractivity contribution in [2.45, 2.75) is 69.5 Å². The Labute approximate surface area is 180 Å². The number of nitrogens with two attached hydrogens (primary N) is 1. The van der Waals surface area contributed by atoms with Crippen LogP contribution in [0.4, 0.5) is 21.8 Å². The van der Waals surface area contributed by atoms with E-state index in [1.807, 2.05) is 6.33 Å². The maximum Gasteiger partial charge on any atom is 0.227 e. The van der Waals surface area contributed by atoms with Crippen LogP contribution in [0.2, 0.25) is 0 Å². The highest BCUT2D eigenvalue weighted by molar-refractivity contribution is 5.85. The number of halogens is 1. The number of nitrogens with zero attached hydrogens (tertiary/aromatic N) is 4. The van der Waals surface area contributed by atoms with E-state index in [0.717, 1.165) is 44.2 Å². The zero-order valence-electron chi connectivity index (χ0n) is 17.5. The summed E-state index contributed by atoms with van der Waals surface area (Å²) in [5.41, 5.74) is 13.9. The van der Waals surface area contributed by atoms with Crippen LogP contribution in [0.5, 0.6) is 0 Å². The highest BCUT2D eigenvalue weighted by Gasteiger charge is 2.24. The van der Waals surface area contributed by atoms with E-state index < -0.39 is 0 Å². The molecule has 2 aromatic heterocycles. The van der Waals surface area contributed by atoms with Gasteiger partial charge in [-0.15, -0.1) is 0 Å². The van der Waals surface area contributed by atoms with Crippen molar-refractivity contribution >= 4 is 28.6 Å². The van der Waals surface area contributed by atoms with Gasteiger partial charge in [0.1, 0.15) is 5.82 Å². The van der Waals surface area contributed by atoms with Crippen LogP contribution < -0.4 is 21.9 Å². The lowest BCUT2D eigenvalue weighted by atomic mass is 9.92. The van der Waals surface area contributed by atoms with Gasteiger partial charge in [0.25, 0.3) is 0 Å². The molecule has 0 radical (unpaired) electrons. The van der Waals surface area contributed by atoms with Crippen LogP contribution in [0, 0.1) is 5.82 Å². The summed E-state index contributed by atoms with van der Waals surface area (Å²) >= 11 is 0. The number of hydrogen-bond donors (Lipinski definition) is 4. The second kappa shape index (κ2) is 8.66. The first kappa shape index (κ1) is 20.0. The Balaban J connectivity index is 1.45. The van der Waals surface area contributed by atoms with Crippen molar-refractivity contribution in [1.82, 2.24) is 19.5 Å². The van der Waals surface area contributed by atoms with Crippen molar-refractivity contribution in [2.75, 3.05) is 16.2 Å². The fourth-order valence-electron chi connectivity index (χ4n) is 4.65. The van der Waals surface area contributed by atoms with Crippen molar-refractivity contribution in [3.05, 3.63) is 36.4 Å². The molecule has 31 heavy (non-hydrogen) atoms. The summed E-state index contributed by atoms with van der Waals surface area (Å²) in [5, 5.41) is 3.49. The van der Waals surface area contributed by atoms with Crippen molar-refractivity contribution < 1.29 is 4.39 Å². The largest absolute Gasteiger partial charge is 0.351 e. The number of anilines is 3. The van der Waals surface area contributed by atoms with Gasteiger partial charge in [0, 0.05) is 18.1 Å². The molecule has 0 amide bonds. The average Bonchev–Trinajstić information content (AvgIpc) is 3.44. The van der Waals surface area contributed by atoms with Gasteiger partial charge in [0.2, 0.25) is 5.95 Å². The number of aromatic nitrogens is 4. The maximum atomic E-state index is 14.1. The van der Waals surface area contributed by atoms with Gasteiger partial charge < -0.3 is 15.6 Å². The van der Waals surface area contributed by atoms with Crippen LogP contribution in [0.15, 0.2) is 30.6 Å². The molecule has 2 aliphatic carbocycles. The molecule has 3 aromatic rings. The molecule has 2 aliphatic rings. The normalized spacial score (nSPS) is 22.0. The number of hydrazine groups is 1. The number of imidazole rings is 1. The fourth-order valence-corrected chi connectivity index (χ4v) is 4.65. The monoisotopic (exact) mass is 424 g/mol. The summed E-state index contributed by atoms with van der Waals surface area (Å²) in [5.74, 6) is 0.749. The lowest BCUT2D eigenvalue weighted by Gasteiger charge is -2.27. The molecule has 0 unspecified atom stereocenters. The number of para-hydroxylation sites is 1. The number of fused-ring (bicyclic) bond motifs is 1. The van der Waals surface area contributed by atoms with E-state index in [-0.39, 0.29) is 11.9 Å². The quantitative estimate of drug-likeness (QED) is 0.440. The van der Waals surface area contributed by atoms with Crippen molar-refractivity contribution in [3.8, 4) is 0 Å². The van der Waals surface area contributed by atoms with Gasteiger partial charge >= 0.3 is 0 Å². The minimum Gasteiger partial charge on any atom is -0.351 e. The van der Waals surface area contributed by atoms with E-state index in [2.05, 4.69) is 30.7 Å². The first-order chi connectivity index (χ1) is 15.2. The third-order valence-corrected chi connectivity index (χ3v) is 6.43. The third-order valence-electron chi connectivity index (χ3n) is 6.43. The van der Waals surface area contributed by atoms with E-state index in [4.69, 9.17) is 10.7 Å². The van der Waals surface area contributed by atoms with Crippen LogP contribution in [0.3, 0.4) is 0 Å². The Hall–Kier alpha value is -2.94. The highest BCUT2D eigenvalue weighted by Crippen LogP contribution is 2.33. The van der Waals surface area contributed by atoms with Gasteiger partial charge in [-0.1, -0.05) is 25.0 Å². The van der Waals surface area contributed by atoms with Gasteiger partial charge in [-0.2, -0.15) is 9.97 Å². The minimum absolute atomic E-state index is 0.285. The molecular weight excluding hydrogens is 395 g/mol. The van der Waals surface area contributed by atoms with Crippen LogP contribution >= 0.6 is 0 Å². The van der Waals surface area contributed by atoms with Crippen molar-refractivity contribution in [2.24, 2.45) is 5.73 Å². The summed E-state index contributed by atoms with van der Waals surface area (Å²) in [7, 11) is 0. The van der Waals surface area contributed by atoms with Crippen molar-refractivity contribution in [3.63, 3.8) is 0 Å². The van der Waals surface area contributed by atoms with Crippen LogP contribution in [0.25, 0.3) is 11.2 Å². The summed E-state index contributed by atoms with van der Waals surface area (Å²) in [6, 6.07) is 7.51. The molecule has 1 aromatic carbocycles. The summed E-state index contributed by atoms with van der Waals surface area (Å²) in [6.45, 7) is 0. The van der Waals surface area contributed by atoms with Gasteiger partial charge in [0.15, 0.2) is 17.0 Å². The zero-order valence-corrected chi connectivity index (χ0v) is 17.5. The third kappa shape index (κ3) is 4.27. The molecule has 8 nitrogen and oxygen atoms in total. The average molecular weight is 425 g/mol. The molecular formula is C22H29FN8. The molecule has 2 fully saturated rings. The molecule has 0 saturated heterocycles. The number of hydrogen-bond acceptors (Lipinski definition) is 7. The molecule has 2 saturated carbocycles. The molecule has 0 atom stereocenters. The minimum atomic E-state index is -0.339. The molecule has 0 aliphatic heterocycles. The van der Waals surface area contributed by atoms with Gasteiger partial charge in [-0.3, -0.25) is 10.9 Å². The summed E-state index contributed by atoms with van der Waals surface area (Å²) in [4.78, 5) is 14.1. The Morgan fingerprint density at radius 3 is 2.52 bits per heavy atom. The predicted molar refractivity (Wildman–Crippen MR) is 120 cm³/mol. The van der Waals surface area contributed by atoms with E-state index in [0.29, 0.717) is 35.1 Å². The molecule has 5 rings (SSSR count). The van der Waals surface area contributed by atoms with E-state index in [1.54, 1.807) is 18.2 Å². The van der Waals surface area contributed by atoms with Crippen LogP contribution in [-0.2, 0) is 0 Å². The smallest absolute Gasteiger partial charge is 0.227 e. The van der Waals surface area contributed by atoms with Crippen molar-refractivity contribution in [1.29, 1.82) is 0 Å². The number of nitrogens with one attached hydrogen (secondary N) is 3. The van der Waals surface area contributed by atoms with Crippen LogP contribution in [0.1, 0.15) is 57.4 Å². The maximum absolute atomic E-state index is 14.1. The van der Waals surface area contributed by atoms with Gasteiger partial charge in [0.05, 0.1) is 12.0 Å². The van der Waals surface area contributed by atoms with Gasteiger partial charge in [-0.05, 0) is 50.7 Å². The van der Waals surface area contributed by atoms with Gasteiger partial charge in [-0.25, -0.2) is 9.37 Å². The standard InChI is InChI=1S/C22H29FN8/c23-17-7-3-4-8-18(17)29-30-20-19-21(31(13-25-19)16-5-1-2-6-16)28-22(27-20)26-15-11-9-14(24)10-12-15/h3-4,7-8,13-16,29H,1-2,5-6,9-12,24H2,(H2,26,27,28,30)/t14-,15-. The molecule has 0 spiro atoms. The zero-order chi connectivity index (χ0) is 21.2. The fraction of sp³-hybridized carbons (Fsp3) is 0.500. The molecule has 9 heteroatoms. The molecule has 164 valence electrons. The predicted octanol–water partition coefficient (Wildman–Crippen LogP) is 4.20. The lowest BCUT2D eigenvalue weighted by molar-refractivity contribution is 0.410. The summed E-state index contributed by atoms with van der Waals surface area (Å²) in [6.07, 6.45) is 10.6. The van der Waals surface area contributed by atoms with Crippen LogP contribution in [-0.4, -0.2) is 31.6 Å². The second-order valence-corrected chi connectivity index (χ2v) is 8.64. The Kier molecular flexibility index (Phi) is 5.59. The number of rotatable bonds is 6. The Bertz CT molecular complexity index is 1040. The number of benzene rings is 1. The SMILES string of the molecule is N[C@H]1CC[C@H](Nc2nc(NNc3ccccc3F)c3ncn(C4CCCC4)c3n2)CC1. The Morgan fingerprint density at radius 1 is 0.968 bits per heavy atom.